The van der Waals surface area contributed by atoms with Gasteiger partial charge in [0, 0.05) is 54.4 Å². The number of hydrogen-bond acceptors (Lipinski definition) is 4. The van der Waals surface area contributed by atoms with Gasteiger partial charge in [0.15, 0.2) is 5.78 Å². The first-order valence-electron chi connectivity index (χ1n) is 15.3. The first-order valence-corrected chi connectivity index (χ1v) is 15.3. The largest absolute Gasteiger partial charge is 0.512 e. The van der Waals surface area contributed by atoms with Crippen LogP contribution in [0.3, 0.4) is 0 Å². The Morgan fingerprint density at radius 3 is 2.26 bits per heavy atom. The van der Waals surface area contributed by atoms with Crippen LogP contribution >= 0.6 is 0 Å². The van der Waals surface area contributed by atoms with Crippen molar-refractivity contribution in [2.24, 2.45) is 0 Å². The number of aryl methyl sites for hydroxylation is 2. The maximum atomic E-state index is 10.0. The molecular weight excluding hydrogens is 747 g/mol. The molecule has 0 bridgehead atoms. The van der Waals surface area contributed by atoms with Crippen molar-refractivity contribution in [3.05, 3.63) is 126 Å². The zero-order valence-electron chi connectivity index (χ0n) is 26.9. The van der Waals surface area contributed by atoms with Gasteiger partial charge in [-0.05, 0) is 73.2 Å². The average molecular weight is 783 g/mol. The van der Waals surface area contributed by atoms with Crippen molar-refractivity contribution in [1.82, 2.24) is 4.98 Å². The van der Waals surface area contributed by atoms with Gasteiger partial charge in [-0.1, -0.05) is 85.5 Å². The van der Waals surface area contributed by atoms with E-state index in [1.807, 2.05) is 6.20 Å². The van der Waals surface area contributed by atoms with E-state index in [2.05, 4.69) is 119 Å². The van der Waals surface area contributed by atoms with Gasteiger partial charge < -0.3 is 9.52 Å². The molecule has 0 aliphatic heterocycles. The summed E-state index contributed by atoms with van der Waals surface area (Å²) < 4.78 is 6.67. The van der Waals surface area contributed by atoms with Crippen LogP contribution in [0, 0.1) is 19.9 Å². The predicted molar refractivity (Wildman–Crippen MR) is 187 cm³/mol. The summed E-state index contributed by atoms with van der Waals surface area (Å²) in [6, 6.07) is 33.9. The van der Waals surface area contributed by atoms with Crippen molar-refractivity contribution in [2.45, 2.75) is 47.5 Å². The number of allylic oxidation sites excluding steroid dienone is 2. The minimum absolute atomic E-state index is 0. The molecule has 0 amide bonds. The van der Waals surface area contributed by atoms with Crippen molar-refractivity contribution >= 4 is 49.3 Å². The molecule has 0 saturated carbocycles. The number of nitrogens with zero attached hydrogens (tertiary/aromatic N) is 1. The van der Waals surface area contributed by atoms with E-state index in [1.165, 1.54) is 58.3 Å². The van der Waals surface area contributed by atoms with Crippen molar-refractivity contribution in [3.8, 4) is 22.4 Å². The van der Waals surface area contributed by atoms with Crippen LogP contribution in [0.15, 0.2) is 107 Å². The third-order valence-corrected chi connectivity index (χ3v) is 8.32. The zero-order valence-corrected chi connectivity index (χ0v) is 29.3. The molecule has 0 spiro atoms. The smallest absolute Gasteiger partial charge is 0.155 e. The molecule has 1 N–H and O–H groups in total. The van der Waals surface area contributed by atoms with Gasteiger partial charge in [-0.3, -0.25) is 9.78 Å². The summed E-state index contributed by atoms with van der Waals surface area (Å²) in [5, 5.41) is 15.5. The Kier molecular flexibility index (Phi) is 9.57. The Morgan fingerprint density at radius 2 is 1.57 bits per heavy atom. The quantitative estimate of drug-likeness (QED) is 0.0836. The third kappa shape index (κ3) is 6.13. The molecule has 4 nitrogen and oxygen atoms in total. The standard InChI is InChI=1S/C36H28NO.C5H8O2.Ir/c1-21(2)32-20-26(19-25-14-13-24-10-6-8-12-29(24)33(25)32)34-36-31(17-18-37-34)30-16-15-28(23(4)35(30)38-36)27-11-7-5-9-22(27)3;1-4(6)3-5(2)7;/h5-18,20-21H,1-4H3;3,6H,1-2H3;/q-1;;/b;4-3-;. The SMILES string of the molecule is CC(=O)/C=C(/C)O.Cc1ccccc1-c1ccc2c(oc3c(-c4[c-]c5ccc6ccccc6c5c(C(C)C)c4)nccc32)c1C.[Ir]. The number of benzene rings is 5. The molecule has 7 aromatic rings. The van der Waals surface area contributed by atoms with Crippen molar-refractivity contribution in [3.63, 3.8) is 0 Å². The molecule has 0 fully saturated rings. The van der Waals surface area contributed by atoms with Gasteiger partial charge in [0.25, 0.3) is 0 Å². The minimum atomic E-state index is -0.125. The van der Waals surface area contributed by atoms with Crippen LogP contribution in [-0.2, 0) is 24.9 Å². The molecule has 0 atom stereocenters. The van der Waals surface area contributed by atoms with E-state index in [0.717, 1.165) is 44.1 Å². The van der Waals surface area contributed by atoms with Gasteiger partial charge in [-0.25, -0.2) is 0 Å². The van der Waals surface area contributed by atoms with Crippen LogP contribution < -0.4 is 0 Å². The number of aliphatic hydroxyl groups excluding tert-OH is 1. The molecular formula is C41H36IrNO3-. The maximum absolute atomic E-state index is 10.0. The van der Waals surface area contributed by atoms with E-state index in [-0.39, 0.29) is 31.6 Å². The van der Waals surface area contributed by atoms with E-state index in [4.69, 9.17) is 14.5 Å². The van der Waals surface area contributed by atoms with Crippen molar-refractivity contribution in [2.75, 3.05) is 0 Å². The molecule has 0 aliphatic carbocycles. The van der Waals surface area contributed by atoms with E-state index >= 15 is 0 Å². The zero-order chi connectivity index (χ0) is 31.8. The molecule has 0 unspecified atom stereocenters. The summed E-state index contributed by atoms with van der Waals surface area (Å²) in [7, 11) is 0. The molecule has 46 heavy (non-hydrogen) atoms. The summed E-state index contributed by atoms with van der Waals surface area (Å²) in [5.74, 6) is 0.290. The van der Waals surface area contributed by atoms with Gasteiger partial charge >= 0.3 is 0 Å². The predicted octanol–water partition coefficient (Wildman–Crippen LogP) is 11.2. The Labute approximate surface area is 283 Å². The number of hydrogen-bond donors (Lipinski definition) is 1. The molecule has 0 aliphatic rings. The monoisotopic (exact) mass is 783 g/mol. The molecule has 7 rings (SSSR count). The summed E-state index contributed by atoms with van der Waals surface area (Å²) in [4.78, 5) is 14.9. The van der Waals surface area contributed by atoms with Crippen LogP contribution in [-0.4, -0.2) is 15.9 Å². The average Bonchev–Trinajstić information content (AvgIpc) is 3.40. The van der Waals surface area contributed by atoms with Crippen LogP contribution in [0.1, 0.15) is 50.3 Å². The molecule has 0 saturated heterocycles. The topological polar surface area (TPSA) is 63.3 Å². The second kappa shape index (κ2) is 13.4. The fourth-order valence-electron chi connectivity index (χ4n) is 6.23. The maximum Gasteiger partial charge on any atom is 0.155 e. The number of furan rings is 1. The van der Waals surface area contributed by atoms with Gasteiger partial charge in [-0.15, -0.1) is 29.1 Å². The summed E-state index contributed by atoms with van der Waals surface area (Å²) >= 11 is 0. The number of rotatable bonds is 4. The normalized spacial score (nSPS) is 11.6. The second-order valence-corrected chi connectivity index (χ2v) is 12.0. The molecule has 5 aromatic carbocycles. The Balaban J connectivity index is 0.000000471. The summed E-state index contributed by atoms with van der Waals surface area (Å²) in [6.07, 6.45) is 3.06. The molecule has 2 aromatic heterocycles. The first-order chi connectivity index (χ1) is 21.6. The number of fused-ring (bicyclic) bond motifs is 6. The Hall–Kier alpha value is -4.57. The minimum Gasteiger partial charge on any atom is -0.512 e. The number of ketones is 1. The number of aromatic nitrogens is 1. The third-order valence-electron chi connectivity index (χ3n) is 8.32. The Bertz CT molecular complexity index is 2270. The number of pyridine rings is 1. The molecule has 2 heterocycles. The Morgan fingerprint density at radius 1 is 0.848 bits per heavy atom. The number of carbonyl (C=O) groups excluding carboxylic acids is 1. The van der Waals surface area contributed by atoms with Gasteiger partial charge in [0.2, 0.25) is 0 Å². The first kappa shape index (κ1) is 32.8. The van der Waals surface area contributed by atoms with Gasteiger partial charge in [0.1, 0.15) is 11.2 Å². The molecule has 1 radical (unpaired) electrons. The van der Waals surface area contributed by atoms with E-state index in [1.54, 1.807) is 0 Å². The van der Waals surface area contributed by atoms with Crippen molar-refractivity contribution in [1.29, 1.82) is 0 Å². The number of aliphatic hydroxyl groups is 1. The van der Waals surface area contributed by atoms with Gasteiger partial charge in [0.05, 0.1) is 5.76 Å². The van der Waals surface area contributed by atoms with Crippen LogP contribution in [0.2, 0.25) is 0 Å². The van der Waals surface area contributed by atoms with E-state index < -0.39 is 0 Å². The summed E-state index contributed by atoms with van der Waals surface area (Å²) in [5.41, 5.74) is 9.70. The van der Waals surface area contributed by atoms with E-state index in [0.29, 0.717) is 5.92 Å². The molecule has 5 heteroatoms. The number of carbonyl (C=O) groups is 1. The molecule has 233 valence electrons. The second-order valence-electron chi connectivity index (χ2n) is 12.0. The van der Waals surface area contributed by atoms with Crippen molar-refractivity contribution < 1.29 is 34.4 Å². The van der Waals surface area contributed by atoms with E-state index in [9.17, 15) is 4.79 Å². The van der Waals surface area contributed by atoms with Gasteiger partial charge in [-0.2, -0.15) is 0 Å². The fraction of sp³-hybridized carbons (Fsp3) is 0.171. The fourth-order valence-corrected chi connectivity index (χ4v) is 6.23. The van der Waals surface area contributed by atoms with Crippen LogP contribution in [0.25, 0.3) is 65.9 Å². The van der Waals surface area contributed by atoms with Crippen LogP contribution in [0.5, 0.6) is 0 Å². The van der Waals surface area contributed by atoms with Crippen LogP contribution in [0.4, 0.5) is 0 Å². The summed E-state index contributed by atoms with van der Waals surface area (Å²) in [6.45, 7) is 11.7.